The lowest BCUT2D eigenvalue weighted by molar-refractivity contribution is -0.385. The number of hydrogen-bond donors (Lipinski definition) is 1. The largest absolute Gasteiger partial charge is 0.496 e. The third kappa shape index (κ3) is 1.78. The lowest BCUT2D eigenvalue weighted by Gasteiger charge is -2.26. The highest BCUT2D eigenvalue weighted by molar-refractivity contribution is 5.82. The molecule has 0 saturated heterocycles. The van der Waals surface area contributed by atoms with E-state index in [1.807, 2.05) is 12.1 Å². The van der Waals surface area contributed by atoms with Crippen LogP contribution < -0.4 is 9.47 Å². The van der Waals surface area contributed by atoms with Crippen LogP contribution in [0, 0.1) is 10.1 Å². The van der Waals surface area contributed by atoms with Gasteiger partial charge in [0.15, 0.2) is 0 Å². The predicted molar refractivity (Wildman–Crippen MR) is 70.7 cm³/mol. The number of non-ortho nitro benzene ring substituents is 1. The van der Waals surface area contributed by atoms with Gasteiger partial charge in [-0.25, -0.2) is 0 Å². The van der Waals surface area contributed by atoms with Crippen LogP contribution in [0.4, 0.5) is 5.69 Å². The zero-order valence-corrected chi connectivity index (χ0v) is 10.6. The Bertz CT molecular complexity index is 698. The molecule has 6 heteroatoms. The molecule has 0 radical (unpaired) electrons. The van der Waals surface area contributed by atoms with Crippen LogP contribution in [0.3, 0.4) is 0 Å². The Morgan fingerprint density at radius 1 is 1.35 bits per heavy atom. The number of nitro groups is 1. The van der Waals surface area contributed by atoms with E-state index in [-0.39, 0.29) is 5.69 Å². The van der Waals surface area contributed by atoms with Gasteiger partial charge in [-0.1, -0.05) is 18.2 Å². The van der Waals surface area contributed by atoms with Crippen LogP contribution in [-0.2, 0) is 0 Å². The lowest BCUT2D eigenvalue weighted by Crippen LogP contribution is -2.14. The maximum atomic E-state index is 10.9. The minimum Gasteiger partial charge on any atom is -0.496 e. The van der Waals surface area contributed by atoms with Crippen molar-refractivity contribution in [2.24, 2.45) is 0 Å². The molecule has 0 spiro atoms. The Labute approximate surface area is 114 Å². The molecule has 0 aliphatic carbocycles. The molecule has 0 bridgehead atoms. The highest BCUT2D eigenvalue weighted by Gasteiger charge is 2.29. The van der Waals surface area contributed by atoms with Crippen LogP contribution in [0.1, 0.15) is 11.9 Å². The molecule has 3 rings (SSSR count). The van der Waals surface area contributed by atoms with E-state index in [0.717, 1.165) is 5.56 Å². The van der Waals surface area contributed by atoms with Crippen LogP contribution in [0.5, 0.6) is 11.5 Å². The molecular weight excluding hydrogens is 262 g/mol. The fourth-order valence-corrected chi connectivity index (χ4v) is 2.33. The number of hydrogen-bond acceptors (Lipinski definition) is 5. The first-order valence-corrected chi connectivity index (χ1v) is 5.92. The second-order valence-corrected chi connectivity index (χ2v) is 4.34. The molecule has 1 unspecified atom stereocenters. The minimum atomic E-state index is -1.26. The summed E-state index contributed by atoms with van der Waals surface area (Å²) in [5, 5.41) is 21.0. The van der Waals surface area contributed by atoms with E-state index in [1.54, 1.807) is 12.1 Å². The van der Waals surface area contributed by atoms with Gasteiger partial charge in [0.2, 0.25) is 6.29 Å². The zero-order chi connectivity index (χ0) is 14.3. The number of ether oxygens (including phenoxy) is 2. The third-order valence-electron chi connectivity index (χ3n) is 3.21. The van der Waals surface area contributed by atoms with Gasteiger partial charge >= 0.3 is 0 Å². The van der Waals surface area contributed by atoms with Gasteiger partial charge < -0.3 is 14.6 Å². The Hall–Kier alpha value is -2.60. The van der Waals surface area contributed by atoms with Crippen molar-refractivity contribution in [1.29, 1.82) is 0 Å². The fourth-order valence-electron chi connectivity index (χ4n) is 2.33. The van der Waals surface area contributed by atoms with Crippen LogP contribution in [0.25, 0.3) is 11.1 Å². The number of aliphatic hydroxyl groups excluding tert-OH is 1. The molecule has 0 fully saturated rings. The summed E-state index contributed by atoms with van der Waals surface area (Å²) in [7, 11) is 1.43. The smallest absolute Gasteiger partial charge is 0.273 e. The fraction of sp³-hybridized carbons (Fsp3) is 0.143. The minimum absolute atomic E-state index is 0.150. The molecule has 1 N–H and O–H groups in total. The van der Waals surface area contributed by atoms with Crippen molar-refractivity contribution < 1.29 is 19.5 Å². The molecular formula is C14H11NO5. The first-order valence-electron chi connectivity index (χ1n) is 5.92. The summed E-state index contributed by atoms with van der Waals surface area (Å²) in [5.74, 6) is 0.851. The Balaban J connectivity index is 2.32. The summed E-state index contributed by atoms with van der Waals surface area (Å²) in [6.45, 7) is 0. The molecule has 0 saturated carbocycles. The molecule has 1 heterocycles. The number of nitrogens with zero attached hydrogens (tertiary/aromatic N) is 1. The van der Waals surface area contributed by atoms with E-state index in [2.05, 4.69) is 0 Å². The number of nitro benzene ring substituents is 1. The van der Waals surface area contributed by atoms with E-state index in [9.17, 15) is 15.2 Å². The highest BCUT2D eigenvalue weighted by Crippen LogP contribution is 2.47. The lowest BCUT2D eigenvalue weighted by atomic mass is 9.94. The summed E-state index contributed by atoms with van der Waals surface area (Å²) < 4.78 is 10.6. The molecule has 0 aromatic heterocycles. The SMILES string of the molecule is COc1cc([N+](=O)[O-])cc2c1-c1ccccc1OC2O. The maximum absolute atomic E-state index is 10.9. The summed E-state index contributed by atoms with van der Waals surface area (Å²) in [4.78, 5) is 10.4. The van der Waals surface area contributed by atoms with Crippen molar-refractivity contribution in [3.05, 3.63) is 52.1 Å². The average Bonchev–Trinajstić information content (AvgIpc) is 2.46. The molecule has 102 valence electrons. The number of rotatable bonds is 2. The van der Waals surface area contributed by atoms with Crippen molar-refractivity contribution in [2.45, 2.75) is 6.29 Å². The molecule has 0 amide bonds. The van der Waals surface area contributed by atoms with Gasteiger partial charge in [0, 0.05) is 22.8 Å². The van der Waals surface area contributed by atoms with E-state index >= 15 is 0 Å². The summed E-state index contributed by atoms with van der Waals surface area (Å²) in [5.41, 5.74) is 1.53. The van der Waals surface area contributed by atoms with E-state index < -0.39 is 11.2 Å². The third-order valence-corrected chi connectivity index (χ3v) is 3.21. The Morgan fingerprint density at radius 2 is 2.10 bits per heavy atom. The van der Waals surface area contributed by atoms with Crippen molar-refractivity contribution in [1.82, 2.24) is 0 Å². The topological polar surface area (TPSA) is 81.8 Å². The molecule has 1 aliphatic rings. The van der Waals surface area contributed by atoms with Crippen molar-refractivity contribution in [2.75, 3.05) is 7.11 Å². The average molecular weight is 273 g/mol. The number of aliphatic hydroxyl groups is 1. The van der Waals surface area contributed by atoms with E-state index in [4.69, 9.17) is 9.47 Å². The molecule has 1 aliphatic heterocycles. The molecule has 2 aromatic rings. The van der Waals surface area contributed by atoms with Gasteiger partial charge in [-0.15, -0.1) is 0 Å². The first kappa shape index (κ1) is 12.4. The predicted octanol–water partition coefficient (Wildman–Crippen LogP) is 2.65. The van der Waals surface area contributed by atoms with Gasteiger partial charge in [0.05, 0.1) is 18.1 Å². The molecule has 20 heavy (non-hydrogen) atoms. The normalized spacial score (nSPS) is 15.8. The first-order chi connectivity index (χ1) is 9.61. The van der Waals surface area contributed by atoms with Gasteiger partial charge in [-0.3, -0.25) is 10.1 Å². The number of fused-ring (bicyclic) bond motifs is 3. The zero-order valence-electron chi connectivity index (χ0n) is 10.6. The monoisotopic (exact) mass is 273 g/mol. The second-order valence-electron chi connectivity index (χ2n) is 4.34. The quantitative estimate of drug-likeness (QED) is 0.672. The molecule has 6 nitrogen and oxygen atoms in total. The van der Waals surface area contributed by atoms with E-state index in [0.29, 0.717) is 22.6 Å². The number of para-hydroxylation sites is 1. The van der Waals surface area contributed by atoms with Crippen LogP contribution in [0.15, 0.2) is 36.4 Å². The summed E-state index contributed by atoms with van der Waals surface area (Å²) in [6, 6.07) is 9.79. The number of benzene rings is 2. The Morgan fingerprint density at radius 3 is 2.80 bits per heavy atom. The van der Waals surface area contributed by atoms with E-state index in [1.165, 1.54) is 19.2 Å². The standard InChI is InChI=1S/C14H11NO5/c1-19-12-7-8(15(17)18)6-10-13(12)9-4-2-3-5-11(9)20-14(10)16/h2-7,14,16H,1H3. The van der Waals surface area contributed by atoms with Crippen LogP contribution >= 0.6 is 0 Å². The highest BCUT2D eigenvalue weighted by atomic mass is 16.6. The molecule has 1 atom stereocenters. The summed E-state index contributed by atoms with van der Waals surface area (Å²) in [6.07, 6.45) is -1.26. The maximum Gasteiger partial charge on any atom is 0.273 e. The van der Waals surface area contributed by atoms with Crippen LogP contribution in [0.2, 0.25) is 0 Å². The van der Waals surface area contributed by atoms with Crippen molar-refractivity contribution in [3.8, 4) is 22.6 Å². The Kier molecular flexibility index (Phi) is 2.80. The van der Waals surface area contributed by atoms with Gasteiger partial charge in [0.25, 0.3) is 5.69 Å². The second kappa shape index (κ2) is 4.50. The van der Waals surface area contributed by atoms with Gasteiger partial charge in [0.1, 0.15) is 11.5 Å². The van der Waals surface area contributed by atoms with Gasteiger partial charge in [-0.2, -0.15) is 0 Å². The number of methoxy groups -OCH3 is 1. The van der Waals surface area contributed by atoms with Crippen LogP contribution in [-0.4, -0.2) is 17.1 Å². The van der Waals surface area contributed by atoms with Gasteiger partial charge in [-0.05, 0) is 6.07 Å². The van der Waals surface area contributed by atoms with Crippen molar-refractivity contribution in [3.63, 3.8) is 0 Å². The molecule has 2 aromatic carbocycles. The van der Waals surface area contributed by atoms with Crippen molar-refractivity contribution >= 4 is 5.69 Å². The summed E-state index contributed by atoms with van der Waals surface area (Å²) >= 11 is 0.